The van der Waals surface area contributed by atoms with Crippen LogP contribution in [0, 0.1) is 25.2 Å². The van der Waals surface area contributed by atoms with Gasteiger partial charge in [0.15, 0.2) is 0 Å². The van der Waals surface area contributed by atoms with E-state index in [1.165, 1.54) is 18.2 Å². The summed E-state index contributed by atoms with van der Waals surface area (Å²) >= 11 is 0.981. The first-order chi connectivity index (χ1) is 8.92. The number of nitriles is 1. The van der Waals surface area contributed by atoms with Gasteiger partial charge in [-0.2, -0.15) is 9.64 Å². The van der Waals surface area contributed by atoms with Crippen molar-refractivity contribution >= 4 is 26.7 Å². The largest absolute Gasteiger partial charge is 0.263 e. The number of anilines is 1. The molecule has 0 spiro atoms. The summed E-state index contributed by atoms with van der Waals surface area (Å²) in [7, 11) is -3.71. The molecular formula is C11H10N4O2S2. The van der Waals surface area contributed by atoms with Crippen LogP contribution < -0.4 is 4.72 Å². The maximum absolute atomic E-state index is 12.2. The molecular weight excluding hydrogens is 284 g/mol. The van der Waals surface area contributed by atoms with Gasteiger partial charge in [0, 0.05) is 11.5 Å². The van der Waals surface area contributed by atoms with Gasteiger partial charge in [0.25, 0.3) is 10.0 Å². The molecule has 6 nitrogen and oxygen atoms in total. The number of hydrogen-bond acceptors (Lipinski definition) is 6. The summed E-state index contributed by atoms with van der Waals surface area (Å²) in [5, 5.41) is 8.99. The van der Waals surface area contributed by atoms with Gasteiger partial charge in [0.1, 0.15) is 5.82 Å². The highest BCUT2D eigenvalue weighted by Crippen LogP contribution is 2.21. The number of benzene rings is 1. The van der Waals surface area contributed by atoms with E-state index >= 15 is 0 Å². The van der Waals surface area contributed by atoms with Gasteiger partial charge in [-0.3, -0.25) is 4.72 Å². The summed E-state index contributed by atoms with van der Waals surface area (Å²) in [6.45, 7) is 3.32. The summed E-state index contributed by atoms with van der Waals surface area (Å²) in [5.41, 5.74) is 0.927. The first-order valence-corrected chi connectivity index (χ1v) is 7.52. The molecule has 0 aliphatic carbocycles. The predicted octanol–water partition coefficient (Wildman–Crippen LogP) is 1.83. The van der Waals surface area contributed by atoms with Crippen LogP contribution in [0.25, 0.3) is 0 Å². The van der Waals surface area contributed by atoms with E-state index in [-0.39, 0.29) is 10.0 Å². The first-order valence-electron chi connectivity index (χ1n) is 5.26. The Balaban J connectivity index is 2.37. The molecule has 0 bridgehead atoms. The number of aryl methyl sites for hydroxylation is 2. The topological polar surface area (TPSA) is 95.7 Å². The van der Waals surface area contributed by atoms with Gasteiger partial charge >= 0.3 is 0 Å². The predicted molar refractivity (Wildman–Crippen MR) is 71.3 cm³/mol. The van der Waals surface area contributed by atoms with Crippen LogP contribution in [0.5, 0.6) is 0 Å². The van der Waals surface area contributed by atoms with Gasteiger partial charge in [-0.25, -0.2) is 13.4 Å². The summed E-state index contributed by atoms with van der Waals surface area (Å²) in [6.07, 6.45) is 0. The summed E-state index contributed by atoms with van der Waals surface area (Å²) in [4.78, 5) is 4.07. The Morgan fingerprint density at radius 3 is 2.63 bits per heavy atom. The third-order valence-electron chi connectivity index (χ3n) is 2.34. The fourth-order valence-electron chi connectivity index (χ4n) is 1.53. The zero-order valence-corrected chi connectivity index (χ0v) is 11.8. The summed E-state index contributed by atoms with van der Waals surface area (Å²) < 4.78 is 30.6. The molecule has 0 amide bonds. The van der Waals surface area contributed by atoms with Crippen LogP contribution in [-0.2, 0) is 10.0 Å². The minimum atomic E-state index is -3.71. The molecule has 98 valence electrons. The fraction of sp³-hybridized carbons (Fsp3) is 0.182. The second kappa shape index (κ2) is 4.95. The first kappa shape index (κ1) is 13.5. The lowest BCUT2D eigenvalue weighted by atomic mass is 10.2. The van der Waals surface area contributed by atoms with Crippen molar-refractivity contribution in [3.63, 3.8) is 0 Å². The zero-order valence-electron chi connectivity index (χ0n) is 10.2. The lowest BCUT2D eigenvalue weighted by Crippen LogP contribution is -2.14. The summed E-state index contributed by atoms with van der Waals surface area (Å²) in [5.74, 6) is 0.513. The molecule has 0 aliphatic heterocycles. The van der Waals surface area contributed by atoms with Crippen molar-refractivity contribution in [2.75, 3.05) is 4.72 Å². The number of hydrogen-bond donors (Lipinski definition) is 1. The van der Waals surface area contributed by atoms with Crippen LogP contribution in [0.4, 0.5) is 5.13 Å². The van der Waals surface area contributed by atoms with Crippen molar-refractivity contribution < 1.29 is 8.42 Å². The molecule has 1 aromatic heterocycles. The average molecular weight is 294 g/mol. The minimum absolute atomic E-state index is 0.124. The van der Waals surface area contributed by atoms with Crippen LogP contribution in [0.3, 0.4) is 0 Å². The monoisotopic (exact) mass is 294 g/mol. The van der Waals surface area contributed by atoms with Crippen LogP contribution >= 0.6 is 11.5 Å². The van der Waals surface area contributed by atoms with Crippen molar-refractivity contribution in [3.8, 4) is 6.07 Å². The lowest BCUT2D eigenvalue weighted by molar-refractivity contribution is 0.600. The highest BCUT2D eigenvalue weighted by molar-refractivity contribution is 7.93. The van der Waals surface area contributed by atoms with E-state index in [4.69, 9.17) is 5.26 Å². The lowest BCUT2D eigenvalue weighted by Gasteiger charge is -2.07. The number of rotatable bonds is 3. The molecule has 0 radical (unpaired) electrons. The van der Waals surface area contributed by atoms with Crippen LogP contribution in [-0.4, -0.2) is 17.8 Å². The number of nitrogens with one attached hydrogen (secondary N) is 1. The normalized spacial score (nSPS) is 11.0. The molecule has 0 saturated heterocycles. The fourth-order valence-corrected chi connectivity index (χ4v) is 3.55. The van der Waals surface area contributed by atoms with Gasteiger partial charge in [-0.1, -0.05) is 0 Å². The van der Waals surface area contributed by atoms with E-state index in [9.17, 15) is 8.42 Å². The van der Waals surface area contributed by atoms with E-state index in [0.29, 0.717) is 17.0 Å². The molecule has 8 heteroatoms. The maximum atomic E-state index is 12.2. The standard InChI is InChI=1S/C11H10N4O2S2/c1-7-5-9(6-12)3-4-10(7)19(16,17)15-11-13-8(2)14-18-11/h3-5H,1-2H3,(H,13,14,15). The second-order valence-corrected chi connectivity index (χ2v) is 6.25. The van der Waals surface area contributed by atoms with Crippen LogP contribution in [0.15, 0.2) is 23.1 Å². The van der Waals surface area contributed by atoms with Gasteiger partial charge in [-0.15, -0.1) is 0 Å². The molecule has 1 aromatic carbocycles. The quantitative estimate of drug-likeness (QED) is 0.931. The Morgan fingerprint density at radius 1 is 1.37 bits per heavy atom. The third-order valence-corrected chi connectivity index (χ3v) is 4.69. The van der Waals surface area contributed by atoms with Crippen LogP contribution in [0.1, 0.15) is 17.0 Å². The Morgan fingerprint density at radius 2 is 2.11 bits per heavy atom. The summed E-state index contributed by atoms with van der Waals surface area (Å²) in [6, 6.07) is 6.36. The Bertz CT molecular complexity index is 759. The average Bonchev–Trinajstić information content (AvgIpc) is 2.73. The molecule has 1 heterocycles. The van der Waals surface area contributed by atoms with E-state index in [2.05, 4.69) is 14.1 Å². The van der Waals surface area contributed by atoms with Crippen molar-refractivity contribution in [2.24, 2.45) is 0 Å². The number of sulfonamides is 1. The maximum Gasteiger partial charge on any atom is 0.263 e. The number of nitrogens with zero attached hydrogens (tertiary/aromatic N) is 3. The Kier molecular flexibility index (Phi) is 3.50. The highest BCUT2D eigenvalue weighted by Gasteiger charge is 2.18. The molecule has 2 rings (SSSR count). The van der Waals surface area contributed by atoms with Gasteiger partial charge in [0.05, 0.1) is 16.5 Å². The van der Waals surface area contributed by atoms with Crippen molar-refractivity contribution in [2.45, 2.75) is 18.7 Å². The van der Waals surface area contributed by atoms with Crippen molar-refractivity contribution in [1.82, 2.24) is 9.36 Å². The van der Waals surface area contributed by atoms with Crippen molar-refractivity contribution in [1.29, 1.82) is 5.26 Å². The molecule has 2 aromatic rings. The van der Waals surface area contributed by atoms with Gasteiger partial charge in [0.2, 0.25) is 5.13 Å². The molecule has 0 fully saturated rings. The number of aromatic nitrogens is 2. The molecule has 1 N–H and O–H groups in total. The van der Waals surface area contributed by atoms with Gasteiger partial charge < -0.3 is 0 Å². The SMILES string of the molecule is Cc1nsc(NS(=O)(=O)c2ccc(C#N)cc2C)n1. The Hall–Kier alpha value is -1.98. The van der Waals surface area contributed by atoms with Crippen molar-refractivity contribution in [3.05, 3.63) is 35.2 Å². The van der Waals surface area contributed by atoms with E-state index in [1.54, 1.807) is 13.8 Å². The van der Waals surface area contributed by atoms with E-state index < -0.39 is 10.0 Å². The zero-order chi connectivity index (χ0) is 14.0. The Labute approximate surface area is 115 Å². The van der Waals surface area contributed by atoms with Gasteiger partial charge in [-0.05, 0) is 37.6 Å². The third kappa shape index (κ3) is 2.89. The molecule has 0 aliphatic rings. The second-order valence-electron chi connectivity index (χ2n) is 3.84. The molecule has 19 heavy (non-hydrogen) atoms. The van der Waals surface area contributed by atoms with E-state index in [1.807, 2.05) is 6.07 Å². The smallest absolute Gasteiger partial charge is 0.253 e. The van der Waals surface area contributed by atoms with E-state index in [0.717, 1.165) is 11.5 Å². The highest BCUT2D eigenvalue weighted by atomic mass is 32.2. The molecule has 0 atom stereocenters. The molecule has 0 saturated carbocycles. The molecule has 0 unspecified atom stereocenters. The van der Waals surface area contributed by atoms with Crippen LogP contribution in [0.2, 0.25) is 0 Å². The minimum Gasteiger partial charge on any atom is -0.253 e.